The van der Waals surface area contributed by atoms with E-state index in [2.05, 4.69) is 31.1 Å². The van der Waals surface area contributed by atoms with Gasteiger partial charge in [0, 0.05) is 24.1 Å². The van der Waals surface area contributed by atoms with Crippen molar-refractivity contribution < 1.29 is 9.59 Å². The van der Waals surface area contributed by atoms with Crippen LogP contribution in [0.2, 0.25) is 0 Å². The number of amides is 1. The lowest BCUT2D eigenvalue weighted by Gasteiger charge is -2.20. The number of ketones is 1. The van der Waals surface area contributed by atoms with Crippen molar-refractivity contribution in [3.63, 3.8) is 0 Å². The molecule has 0 bridgehead atoms. The van der Waals surface area contributed by atoms with E-state index < -0.39 is 0 Å². The second-order valence-electron chi connectivity index (χ2n) is 7.97. The van der Waals surface area contributed by atoms with Crippen LogP contribution in [-0.4, -0.2) is 22.2 Å². The number of rotatable bonds is 5. The number of Topliss-reactive ketones (excluding diaryl/α,β-unsaturated/α-hetero) is 1. The van der Waals surface area contributed by atoms with E-state index in [1.54, 1.807) is 6.07 Å². The Balaban J connectivity index is 2.63. The second-order valence-corrected chi connectivity index (χ2v) is 7.97. The molecule has 0 aliphatic carbocycles. The molecule has 0 saturated carbocycles. The van der Waals surface area contributed by atoms with E-state index in [1.807, 2.05) is 32.9 Å². The zero-order valence-electron chi connectivity index (χ0n) is 14.6. The Morgan fingerprint density at radius 2 is 1.68 bits per heavy atom. The van der Waals surface area contributed by atoms with Gasteiger partial charge in [-0.1, -0.05) is 26.8 Å². The first-order chi connectivity index (χ1) is 9.96. The van der Waals surface area contributed by atoms with Crippen molar-refractivity contribution in [3.8, 4) is 0 Å². The number of nitrogens with zero attached hydrogens (tertiary/aromatic N) is 1. The van der Waals surface area contributed by atoms with Gasteiger partial charge in [-0.2, -0.15) is 0 Å². The molecule has 4 nitrogen and oxygen atoms in total. The van der Waals surface area contributed by atoms with Crippen LogP contribution >= 0.6 is 0 Å². The van der Waals surface area contributed by atoms with Gasteiger partial charge in [-0.3, -0.25) is 9.59 Å². The molecule has 0 aliphatic heterocycles. The molecule has 0 atom stereocenters. The van der Waals surface area contributed by atoms with Crippen LogP contribution in [0.3, 0.4) is 0 Å². The second kappa shape index (κ2) is 7.03. The van der Waals surface area contributed by atoms with E-state index in [0.717, 1.165) is 12.1 Å². The third-order valence-electron chi connectivity index (χ3n) is 2.90. The average molecular weight is 304 g/mol. The maximum Gasteiger partial charge on any atom is 0.220 e. The molecule has 0 radical (unpaired) electrons. The normalized spacial score (nSPS) is 12.1. The Morgan fingerprint density at radius 3 is 2.23 bits per heavy atom. The third-order valence-corrected chi connectivity index (χ3v) is 2.90. The molecule has 1 aromatic rings. The largest absolute Gasteiger partial charge is 0.351 e. The number of pyridine rings is 1. The number of hydrogen-bond donors (Lipinski definition) is 1. The Morgan fingerprint density at radius 1 is 1.05 bits per heavy atom. The summed E-state index contributed by atoms with van der Waals surface area (Å²) >= 11 is 0. The van der Waals surface area contributed by atoms with E-state index in [4.69, 9.17) is 0 Å². The maximum absolute atomic E-state index is 12.2. The van der Waals surface area contributed by atoms with Crippen LogP contribution in [-0.2, 0) is 11.2 Å². The maximum atomic E-state index is 12.2. The molecule has 1 rings (SSSR count). The third kappa shape index (κ3) is 7.34. The fourth-order valence-corrected chi connectivity index (χ4v) is 2.11. The van der Waals surface area contributed by atoms with Crippen LogP contribution in [0.1, 0.15) is 70.6 Å². The lowest BCUT2D eigenvalue weighted by atomic mass is 9.90. The number of nitrogens with one attached hydrogen (secondary N) is 1. The topological polar surface area (TPSA) is 59.1 Å². The van der Waals surface area contributed by atoms with Gasteiger partial charge in [0.05, 0.1) is 0 Å². The van der Waals surface area contributed by atoms with Gasteiger partial charge in [-0.15, -0.1) is 0 Å². The van der Waals surface area contributed by atoms with Gasteiger partial charge in [-0.25, -0.2) is 4.98 Å². The summed E-state index contributed by atoms with van der Waals surface area (Å²) < 4.78 is 0. The van der Waals surface area contributed by atoms with Gasteiger partial charge < -0.3 is 5.32 Å². The Labute approximate surface area is 133 Å². The summed E-state index contributed by atoms with van der Waals surface area (Å²) in [4.78, 5) is 28.4. The molecule has 22 heavy (non-hydrogen) atoms. The van der Waals surface area contributed by atoms with Crippen molar-refractivity contribution in [2.45, 2.75) is 66.3 Å². The minimum Gasteiger partial charge on any atom is -0.351 e. The van der Waals surface area contributed by atoms with E-state index in [-0.39, 0.29) is 35.5 Å². The van der Waals surface area contributed by atoms with Crippen LogP contribution in [0, 0.1) is 5.41 Å². The van der Waals surface area contributed by atoms with Crippen molar-refractivity contribution in [1.29, 1.82) is 0 Å². The predicted octanol–water partition coefficient (Wildman–Crippen LogP) is 3.55. The summed E-state index contributed by atoms with van der Waals surface area (Å²) in [5, 5.41) is 2.86. The van der Waals surface area contributed by atoms with E-state index in [0.29, 0.717) is 5.69 Å². The Bertz CT molecular complexity index is 537. The lowest BCUT2D eigenvalue weighted by Crippen LogP contribution is -2.40. The van der Waals surface area contributed by atoms with Crippen molar-refractivity contribution in [2.75, 3.05) is 0 Å². The summed E-state index contributed by atoms with van der Waals surface area (Å²) in [5.74, 6) is -0.188. The molecule has 0 saturated heterocycles. The highest BCUT2D eigenvalue weighted by Crippen LogP contribution is 2.19. The molecule has 0 aromatic carbocycles. The van der Waals surface area contributed by atoms with Crippen LogP contribution < -0.4 is 5.32 Å². The van der Waals surface area contributed by atoms with Crippen LogP contribution in [0.5, 0.6) is 0 Å². The molecule has 1 N–H and O–H groups in total. The first-order valence-corrected chi connectivity index (χ1v) is 7.76. The van der Waals surface area contributed by atoms with Gasteiger partial charge >= 0.3 is 0 Å². The van der Waals surface area contributed by atoms with Gasteiger partial charge in [0.1, 0.15) is 5.69 Å². The number of carbonyl (C=O) groups excluding carboxylic acids is 2. The monoisotopic (exact) mass is 304 g/mol. The fourth-order valence-electron chi connectivity index (χ4n) is 2.11. The van der Waals surface area contributed by atoms with Gasteiger partial charge in [0.2, 0.25) is 5.91 Å². The van der Waals surface area contributed by atoms with Crippen LogP contribution in [0.25, 0.3) is 0 Å². The SMILES string of the molecule is CC(C)(C)Cc1cccc(C(=O)CCC(=O)NC(C)(C)C)n1. The van der Waals surface area contributed by atoms with E-state index in [9.17, 15) is 9.59 Å². The van der Waals surface area contributed by atoms with Crippen molar-refractivity contribution >= 4 is 11.7 Å². The molecule has 0 spiro atoms. The predicted molar refractivity (Wildman–Crippen MR) is 88.9 cm³/mol. The minimum atomic E-state index is -0.273. The number of aromatic nitrogens is 1. The molecule has 0 unspecified atom stereocenters. The summed E-state index contributed by atoms with van der Waals surface area (Å²) in [6, 6.07) is 5.51. The molecule has 1 heterocycles. The molecule has 1 aromatic heterocycles. The fraction of sp³-hybridized carbons (Fsp3) is 0.611. The average Bonchev–Trinajstić information content (AvgIpc) is 2.32. The summed E-state index contributed by atoms with van der Waals surface area (Å²) in [6.07, 6.45) is 1.20. The van der Waals surface area contributed by atoms with Crippen molar-refractivity contribution in [2.24, 2.45) is 5.41 Å². The van der Waals surface area contributed by atoms with Crippen molar-refractivity contribution in [3.05, 3.63) is 29.6 Å². The standard InChI is InChI=1S/C18H28N2O2/c1-17(2,3)12-13-8-7-9-14(19-13)15(21)10-11-16(22)20-18(4,5)6/h7-9H,10-12H2,1-6H3,(H,20,22). The molecule has 122 valence electrons. The van der Waals surface area contributed by atoms with Crippen molar-refractivity contribution in [1.82, 2.24) is 10.3 Å². The Kier molecular flexibility index (Phi) is 5.86. The smallest absolute Gasteiger partial charge is 0.220 e. The summed E-state index contributed by atoms with van der Waals surface area (Å²) in [7, 11) is 0. The molecule has 0 aliphatic rings. The molecule has 4 heteroatoms. The molecular weight excluding hydrogens is 276 g/mol. The zero-order chi connectivity index (χ0) is 17.0. The summed E-state index contributed by atoms with van der Waals surface area (Å²) in [5.41, 5.74) is 1.22. The summed E-state index contributed by atoms with van der Waals surface area (Å²) in [6.45, 7) is 12.2. The van der Waals surface area contributed by atoms with E-state index >= 15 is 0 Å². The number of hydrogen-bond acceptors (Lipinski definition) is 3. The van der Waals surface area contributed by atoms with Gasteiger partial charge in [0.15, 0.2) is 5.78 Å². The molecule has 0 fully saturated rings. The highest BCUT2D eigenvalue weighted by molar-refractivity contribution is 5.96. The first kappa shape index (κ1) is 18.3. The highest BCUT2D eigenvalue weighted by atomic mass is 16.2. The quantitative estimate of drug-likeness (QED) is 0.846. The molecule has 1 amide bonds. The Hall–Kier alpha value is -1.71. The van der Waals surface area contributed by atoms with Gasteiger partial charge in [-0.05, 0) is 44.7 Å². The number of carbonyl (C=O) groups is 2. The highest BCUT2D eigenvalue weighted by Gasteiger charge is 2.17. The minimum absolute atomic E-state index is 0.0835. The van der Waals surface area contributed by atoms with Crippen LogP contribution in [0.15, 0.2) is 18.2 Å². The van der Waals surface area contributed by atoms with E-state index in [1.165, 1.54) is 0 Å². The lowest BCUT2D eigenvalue weighted by molar-refractivity contribution is -0.122. The zero-order valence-corrected chi connectivity index (χ0v) is 14.6. The molecular formula is C18H28N2O2. The first-order valence-electron chi connectivity index (χ1n) is 7.76. The van der Waals surface area contributed by atoms with Crippen LogP contribution in [0.4, 0.5) is 0 Å². The van der Waals surface area contributed by atoms with Gasteiger partial charge in [0.25, 0.3) is 0 Å².